The van der Waals surface area contributed by atoms with Crippen LogP contribution in [0.3, 0.4) is 0 Å². The van der Waals surface area contributed by atoms with Crippen molar-refractivity contribution in [1.82, 2.24) is 0 Å². The quantitative estimate of drug-likeness (QED) is 0.844. The molecule has 0 aliphatic rings. The fraction of sp³-hybridized carbons (Fsp3) is 0.176. The van der Waals surface area contributed by atoms with Gasteiger partial charge in [0, 0.05) is 10.9 Å². The summed E-state index contributed by atoms with van der Waals surface area (Å²) in [4.78, 5) is 23.2. The second-order valence-electron chi connectivity index (χ2n) is 5.03. The summed E-state index contributed by atoms with van der Waals surface area (Å²) in [5.74, 6) is -1.28. The number of benzene rings is 2. The largest absolute Gasteiger partial charge is 0.478 e. The summed E-state index contributed by atoms with van der Waals surface area (Å²) in [5, 5.41) is 11.8. The molecule has 0 atom stereocenters. The maximum absolute atomic E-state index is 12.0. The van der Waals surface area contributed by atoms with Gasteiger partial charge in [0.05, 0.1) is 11.3 Å². The number of aryl methyl sites for hydroxylation is 2. The van der Waals surface area contributed by atoms with Gasteiger partial charge in [0.15, 0.2) is 0 Å². The number of hydrogen-bond donors (Lipinski definition) is 2. The van der Waals surface area contributed by atoms with Crippen molar-refractivity contribution in [2.45, 2.75) is 19.8 Å². The number of rotatable bonds is 5. The summed E-state index contributed by atoms with van der Waals surface area (Å²) < 4.78 is 0.655. The Labute approximate surface area is 137 Å². The molecule has 114 valence electrons. The molecule has 0 bridgehead atoms. The Morgan fingerprint density at radius 2 is 1.82 bits per heavy atom. The van der Waals surface area contributed by atoms with E-state index in [0.717, 1.165) is 5.56 Å². The minimum atomic E-state index is -1.07. The van der Waals surface area contributed by atoms with Crippen LogP contribution in [0.15, 0.2) is 46.9 Å². The van der Waals surface area contributed by atoms with Crippen LogP contribution in [0.25, 0.3) is 0 Å². The first-order valence-corrected chi connectivity index (χ1v) is 7.63. The molecule has 0 aromatic heterocycles. The summed E-state index contributed by atoms with van der Waals surface area (Å²) in [5.41, 5.74) is 2.63. The van der Waals surface area contributed by atoms with Gasteiger partial charge >= 0.3 is 5.97 Å². The Morgan fingerprint density at radius 3 is 2.45 bits per heavy atom. The molecule has 2 aromatic carbocycles. The molecule has 0 fully saturated rings. The molecule has 5 heteroatoms. The van der Waals surface area contributed by atoms with Gasteiger partial charge in [-0.15, -0.1) is 0 Å². The van der Waals surface area contributed by atoms with E-state index in [2.05, 4.69) is 21.2 Å². The number of carbonyl (C=O) groups excluding carboxylic acids is 1. The maximum atomic E-state index is 12.0. The van der Waals surface area contributed by atoms with E-state index in [0.29, 0.717) is 23.0 Å². The summed E-state index contributed by atoms with van der Waals surface area (Å²) >= 11 is 3.22. The molecule has 1 amide bonds. The Morgan fingerprint density at radius 1 is 1.14 bits per heavy atom. The van der Waals surface area contributed by atoms with Crippen molar-refractivity contribution in [2.24, 2.45) is 0 Å². The normalized spacial score (nSPS) is 10.3. The van der Waals surface area contributed by atoms with Crippen molar-refractivity contribution in [2.75, 3.05) is 5.32 Å². The summed E-state index contributed by atoms with van der Waals surface area (Å²) in [6.45, 7) is 2.01. The molecule has 0 heterocycles. The lowest BCUT2D eigenvalue weighted by atomic mass is 10.1. The van der Waals surface area contributed by atoms with Crippen molar-refractivity contribution in [3.05, 3.63) is 63.6 Å². The minimum Gasteiger partial charge on any atom is -0.478 e. The predicted molar refractivity (Wildman–Crippen MR) is 89.2 cm³/mol. The van der Waals surface area contributed by atoms with Crippen molar-refractivity contribution in [3.63, 3.8) is 0 Å². The highest BCUT2D eigenvalue weighted by atomic mass is 79.9. The van der Waals surface area contributed by atoms with E-state index in [4.69, 9.17) is 5.11 Å². The molecular formula is C17H16BrNO3. The molecule has 0 spiro atoms. The zero-order valence-electron chi connectivity index (χ0n) is 12.1. The highest BCUT2D eigenvalue weighted by Crippen LogP contribution is 2.21. The lowest BCUT2D eigenvalue weighted by molar-refractivity contribution is -0.116. The average Bonchev–Trinajstić information content (AvgIpc) is 2.48. The number of carboxylic acids is 1. The number of halogens is 1. The van der Waals surface area contributed by atoms with Crippen LogP contribution in [0.5, 0.6) is 0 Å². The molecule has 4 nitrogen and oxygen atoms in total. The van der Waals surface area contributed by atoms with E-state index in [-0.39, 0.29) is 11.5 Å². The fourth-order valence-electron chi connectivity index (χ4n) is 2.03. The molecule has 0 aliphatic carbocycles. The third-order valence-corrected chi connectivity index (χ3v) is 3.74. The van der Waals surface area contributed by atoms with E-state index in [1.807, 2.05) is 31.2 Å². The third kappa shape index (κ3) is 4.43. The second kappa shape index (κ2) is 7.22. The van der Waals surface area contributed by atoms with Gasteiger partial charge in [-0.25, -0.2) is 4.79 Å². The van der Waals surface area contributed by atoms with E-state index < -0.39 is 5.97 Å². The predicted octanol–water partition coefficient (Wildman–Crippen LogP) is 4.03. The van der Waals surface area contributed by atoms with Crippen LogP contribution >= 0.6 is 15.9 Å². The molecule has 2 N–H and O–H groups in total. The number of carbonyl (C=O) groups is 2. The monoisotopic (exact) mass is 361 g/mol. The molecule has 0 aliphatic heterocycles. The Balaban J connectivity index is 2.00. The number of hydrogen-bond acceptors (Lipinski definition) is 2. The Hall–Kier alpha value is -2.14. The van der Waals surface area contributed by atoms with Crippen molar-refractivity contribution in [3.8, 4) is 0 Å². The summed E-state index contributed by atoms with van der Waals surface area (Å²) in [6.07, 6.45) is 0.920. The topological polar surface area (TPSA) is 66.4 Å². The van der Waals surface area contributed by atoms with Gasteiger partial charge in [-0.3, -0.25) is 4.79 Å². The van der Waals surface area contributed by atoms with Crippen LogP contribution in [0.4, 0.5) is 5.69 Å². The lowest BCUT2D eigenvalue weighted by Gasteiger charge is -2.09. The van der Waals surface area contributed by atoms with Gasteiger partial charge in [-0.05, 0) is 37.1 Å². The van der Waals surface area contributed by atoms with Crippen LogP contribution < -0.4 is 5.32 Å². The van der Waals surface area contributed by atoms with Crippen LogP contribution in [-0.2, 0) is 11.2 Å². The second-order valence-corrected chi connectivity index (χ2v) is 5.94. The molecule has 22 heavy (non-hydrogen) atoms. The standard InChI is InChI=1S/C17H16BrNO3/c1-11-2-4-12(5-3-11)6-9-16(20)19-15-8-7-13(18)10-14(15)17(21)22/h2-5,7-8,10H,6,9H2,1H3,(H,19,20)(H,21,22). The van der Waals surface area contributed by atoms with Gasteiger partial charge in [-0.1, -0.05) is 45.8 Å². The van der Waals surface area contributed by atoms with Crippen LogP contribution in [-0.4, -0.2) is 17.0 Å². The molecule has 0 radical (unpaired) electrons. The number of carboxylic acid groups (broad SMARTS) is 1. The molecule has 2 rings (SSSR count). The average molecular weight is 362 g/mol. The van der Waals surface area contributed by atoms with Crippen molar-refractivity contribution >= 4 is 33.5 Å². The maximum Gasteiger partial charge on any atom is 0.337 e. The van der Waals surface area contributed by atoms with Crippen molar-refractivity contribution < 1.29 is 14.7 Å². The molecule has 2 aromatic rings. The lowest BCUT2D eigenvalue weighted by Crippen LogP contribution is -2.15. The van der Waals surface area contributed by atoms with E-state index >= 15 is 0 Å². The number of aromatic carboxylic acids is 1. The number of amides is 1. The highest BCUT2D eigenvalue weighted by molar-refractivity contribution is 9.10. The highest BCUT2D eigenvalue weighted by Gasteiger charge is 2.13. The SMILES string of the molecule is Cc1ccc(CCC(=O)Nc2ccc(Br)cc2C(=O)O)cc1. The smallest absolute Gasteiger partial charge is 0.337 e. The van der Waals surface area contributed by atoms with Gasteiger partial charge in [-0.2, -0.15) is 0 Å². The van der Waals surface area contributed by atoms with Crippen LogP contribution in [0.2, 0.25) is 0 Å². The fourth-order valence-corrected chi connectivity index (χ4v) is 2.39. The van der Waals surface area contributed by atoms with Gasteiger partial charge in [0.2, 0.25) is 5.91 Å². The summed E-state index contributed by atoms with van der Waals surface area (Å²) in [7, 11) is 0. The number of anilines is 1. The molecule has 0 unspecified atom stereocenters. The first kappa shape index (κ1) is 16.2. The molecular weight excluding hydrogens is 346 g/mol. The summed E-state index contributed by atoms with van der Waals surface area (Å²) in [6, 6.07) is 12.7. The van der Waals surface area contributed by atoms with E-state index in [1.165, 1.54) is 11.6 Å². The first-order valence-electron chi connectivity index (χ1n) is 6.84. The first-order chi connectivity index (χ1) is 10.5. The van der Waals surface area contributed by atoms with Gasteiger partial charge in [0.25, 0.3) is 0 Å². The van der Waals surface area contributed by atoms with Crippen LogP contribution in [0, 0.1) is 6.92 Å². The van der Waals surface area contributed by atoms with Crippen LogP contribution in [0.1, 0.15) is 27.9 Å². The number of nitrogens with one attached hydrogen (secondary N) is 1. The zero-order chi connectivity index (χ0) is 16.1. The Kier molecular flexibility index (Phi) is 5.33. The van der Waals surface area contributed by atoms with E-state index in [1.54, 1.807) is 12.1 Å². The molecule has 0 saturated carbocycles. The van der Waals surface area contributed by atoms with Crippen molar-refractivity contribution in [1.29, 1.82) is 0 Å². The Bertz CT molecular complexity index is 696. The van der Waals surface area contributed by atoms with Gasteiger partial charge in [0.1, 0.15) is 0 Å². The third-order valence-electron chi connectivity index (χ3n) is 3.25. The molecule has 0 saturated heterocycles. The van der Waals surface area contributed by atoms with Gasteiger partial charge < -0.3 is 10.4 Å². The van der Waals surface area contributed by atoms with E-state index in [9.17, 15) is 9.59 Å². The zero-order valence-corrected chi connectivity index (χ0v) is 13.7. The minimum absolute atomic E-state index is 0.0676.